The number of carbonyl (C=O) groups is 2. The van der Waals surface area contributed by atoms with E-state index in [4.69, 9.17) is 22.0 Å². The van der Waals surface area contributed by atoms with Gasteiger partial charge in [-0.15, -0.1) is 0 Å². The lowest BCUT2D eigenvalue weighted by Gasteiger charge is -2.08. The van der Waals surface area contributed by atoms with Gasteiger partial charge in [-0.05, 0) is 23.6 Å². The first-order valence-electron chi connectivity index (χ1n) is 8.69. The van der Waals surface area contributed by atoms with E-state index in [0.29, 0.717) is 6.42 Å². The Kier molecular flexibility index (Phi) is 10.3. The van der Waals surface area contributed by atoms with Gasteiger partial charge in [-0.25, -0.2) is 0 Å². The second kappa shape index (κ2) is 12.2. The Balaban J connectivity index is 0.000000300. The zero-order valence-corrected chi connectivity index (χ0v) is 18.0. The Bertz CT molecular complexity index is 942. The number of amides is 2. The molecular weight excluding hydrogens is 426 g/mol. The summed E-state index contributed by atoms with van der Waals surface area (Å²) in [5.41, 5.74) is 21.9. The van der Waals surface area contributed by atoms with Gasteiger partial charge in [0.25, 0.3) is 13.5 Å². The molecule has 10 N–H and O–H groups in total. The van der Waals surface area contributed by atoms with Crippen molar-refractivity contribution in [1.82, 2.24) is 10.2 Å². The van der Waals surface area contributed by atoms with Gasteiger partial charge in [0.1, 0.15) is 0 Å². The molecule has 2 amide bonds. The van der Waals surface area contributed by atoms with E-state index in [0.717, 1.165) is 11.1 Å². The minimum Gasteiger partial charge on any atom is -0.283 e. The average Bonchev–Trinajstić information content (AvgIpc) is 2.64. The molecule has 0 unspecified atom stereocenters. The quantitative estimate of drug-likeness (QED) is 0.269. The van der Waals surface area contributed by atoms with Crippen molar-refractivity contribution in [2.24, 2.45) is 22.0 Å². The number of carbonyl (C=O) groups excluding carboxylic acids is 2. The van der Waals surface area contributed by atoms with Gasteiger partial charge in [-0.1, -0.05) is 60.7 Å². The number of aryl methyl sites for hydroxylation is 1. The molecular formula is C18H26N6O4P2. The summed E-state index contributed by atoms with van der Waals surface area (Å²) < 4.78 is 21.7. The molecule has 0 aliphatic carbocycles. The van der Waals surface area contributed by atoms with Crippen LogP contribution in [0.2, 0.25) is 0 Å². The van der Waals surface area contributed by atoms with Crippen LogP contribution in [0.25, 0.3) is 6.08 Å². The third kappa shape index (κ3) is 13.6. The van der Waals surface area contributed by atoms with Crippen LogP contribution >= 0.6 is 15.2 Å². The van der Waals surface area contributed by atoms with Crippen molar-refractivity contribution in [2.75, 3.05) is 0 Å². The molecule has 0 atom stereocenters. The van der Waals surface area contributed by atoms with Crippen molar-refractivity contribution in [3.05, 3.63) is 77.9 Å². The summed E-state index contributed by atoms with van der Waals surface area (Å²) >= 11 is 0. The Morgan fingerprint density at radius 1 is 0.800 bits per heavy atom. The SMILES string of the molecule is NP(N)(=O)NC(=O)/C=C/c1ccccc1.NP(N)(=O)NC(=O)CCc1ccccc1. The molecule has 2 aromatic carbocycles. The van der Waals surface area contributed by atoms with Crippen molar-refractivity contribution in [3.63, 3.8) is 0 Å². The third-order valence-electron chi connectivity index (χ3n) is 3.29. The number of rotatable bonds is 7. The smallest absolute Gasteiger partial charge is 0.283 e. The largest absolute Gasteiger partial charge is 0.300 e. The molecule has 12 heteroatoms. The van der Waals surface area contributed by atoms with Gasteiger partial charge in [0.2, 0.25) is 5.91 Å². The average molecular weight is 452 g/mol. The third-order valence-corrected chi connectivity index (χ3v) is 4.46. The van der Waals surface area contributed by atoms with E-state index in [-0.39, 0.29) is 6.42 Å². The normalized spacial score (nSPS) is 11.3. The van der Waals surface area contributed by atoms with Gasteiger partial charge in [-0.3, -0.25) is 50.9 Å². The molecule has 0 radical (unpaired) electrons. The van der Waals surface area contributed by atoms with Crippen molar-refractivity contribution in [2.45, 2.75) is 12.8 Å². The van der Waals surface area contributed by atoms with E-state index < -0.39 is 27.0 Å². The maximum Gasteiger partial charge on any atom is 0.300 e. The van der Waals surface area contributed by atoms with Crippen LogP contribution in [0, 0.1) is 0 Å². The molecule has 0 spiro atoms. The molecule has 0 aromatic heterocycles. The summed E-state index contributed by atoms with van der Waals surface area (Å²) in [7, 11) is -6.94. The van der Waals surface area contributed by atoms with E-state index in [2.05, 4.69) is 5.09 Å². The highest BCUT2D eigenvalue weighted by atomic mass is 31.2. The maximum absolute atomic E-state index is 11.2. The minimum atomic E-state index is -3.49. The van der Waals surface area contributed by atoms with Crippen LogP contribution in [0.3, 0.4) is 0 Å². The second-order valence-electron chi connectivity index (χ2n) is 6.16. The highest BCUT2D eigenvalue weighted by molar-refractivity contribution is 7.57. The number of nitrogens with one attached hydrogen (secondary N) is 2. The predicted molar refractivity (Wildman–Crippen MR) is 118 cm³/mol. The van der Waals surface area contributed by atoms with Gasteiger partial charge >= 0.3 is 7.59 Å². The Morgan fingerprint density at radius 3 is 1.80 bits per heavy atom. The summed E-state index contributed by atoms with van der Waals surface area (Å²) in [5, 5.41) is 4.04. The topological polar surface area (TPSA) is 196 Å². The van der Waals surface area contributed by atoms with Crippen LogP contribution in [0.4, 0.5) is 0 Å². The van der Waals surface area contributed by atoms with Gasteiger partial charge in [0.15, 0.2) is 0 Å². The Labute approximate surface area is 175 Å². The van der Waals surface area contributed by atoms with E-state index in [1.165, 1.54) is 6.08 Å². The first-order chi connectivity index (χ1) is 13.9. The molecule has 0 bridgehead atoms. The molecule has 0 aliphatic heterocycles. The van der Waals surface area contributed by atoms with E-state index in [1.807, 2.05) is 65.8 Å². The summed E-state index contributed by atoms with van der Waals surface area (Å²) in [6, 6.07) is 18.7. The van der Waals surface area contributed by atoms with Crippen molar-refractivity contribution >= 4 is 33.1 Å². The van der Waals surface area contributed by atoms with Crippen LogP contribution in [-0.4, -0.2) is 11.8 Å². The van der Waals surface area contributed by atoms with Crippen LogP contribution in [0.15, 0.2) is 66.7 Å². The fourth-order valence-electron chi connectivity index (χ4n) is 2.10. The molecule has 162 valence electrons. The molecule has 0 fully saturated rings. The number of nitrogens with two attached hydrogens (primary N) is 4. The van der Waals surface area contributed by atoms with Gasteiger partial charge in [0.05, 0.1) is 0 Å². The lowest BCUT2D eigenvalue weighted by molar-refractivity contribution is -0.119. The van der Waals surface area contributed by atoms with Crippen molar-refractivity contribution in [3.8, 4) is 0 Å². The summed E-state index contributed by atoms with van der Waals surface area (Å²) in [5.74, 6) is -0.973. The van der Waals surface area contributed by atoms with Gasteiger partial charge in [0, 0.05) is 12.5 Å². The first-order valence-corrected chi connectivity index (χ1v) is 12.4. The maximum atomic E-state index is 11.2. The molecule has 0 aliphatic rings. The van der Waals surface area contributed by atoms with E-state index in [9.17, 15) is 18.7 Å². The predicted octanol–water partition coefficient (Wildman–Crippen LogP) is 1.60. The molecule has 30 heavy (non-hydrogen) atoms. The molecule has 2 aromatic rings. The Hall–Kier alpha value is -2.58. The summed E-state index contributed by atoms with van der Waals surface area (Å²) in [6.45, 7) is 0. The molecule has 2 rings (SSSR count). The standard InChI is InChI=1S/C9H14N3O2P.C9H12N3O2P/c2*10-15(11,14)12-9(13)7-6-8-4-2-1-3-5-8/h1-5H,6-7H2,(H5,10,11,12,13,14);1-7H,(H5,10,11,12,13,14)/b;7-6+. The molecule has 10 nitrogen and oxygen atoms in total. The number of benzene rings is 2. The molecule has 0 saturated carbocycles. The van der Waals surface area contributed by atoms with Crippen molar-refractivity contribution in [1.29, 1.82) is 0 Å². The number of hydrogen-bond donors (Lipinski definition) is 6. The van der Waals surface area contributed by atoms with Crippen molar-refractivity contribution < 1.29 is 18.7 Å². The summed E-state index contributed by atoms with van der Waals surface area (Å²) in [4.78, 5) is 22.3. The van der Waals surface area contributed by atoms with E-state index in [1.54, 1.807) is 6.08 Å². The van der Waals surface area contributed by atoms with Crippen LogP contribution in [-0.2, 0) is 25.1 Å². The molecule has 0 heterocycles. The van der Waals surface area contributed by atoms with Crippen LogP contribution in [0.1, 0.15) is 17.5 Å². The molecule has 0 saturated heterocycles. The van der Waals surface area contributed by atoms with Crippen LogP contribution < -0.4 is 32.2 Å². The van der Waals surface area contributed by atoms with Crippen LogP contribution in [0.5, 0.6) is 0 Å². The Morgan fingerprint density at radius 2 is 1.30 bits per heavy atom. The fourth-order valence-corrected chi connectivity index (χ4v) is 3.02. The zero-order valence-electron chi connectivity index (χ0n) is 16.2. The second-order valence-corrected chi connectivity index (χ2v) is 9.44. The van der Waals surface area contributed by atoms with Gasteiger partial charge in [-0.2, -0.15) is 0 Å². The lowest BCUT2D eigenvalue weighted by atomic mass is 10.1. The first kappa shape index (κ1) is 25.5. The highest BCUT2D eigenvalue weighted by Gasteiger charge is 2.12. The minimum absolute atomic E-state index is 0.225. The zero-order chi connectivity index (χ0) is 22.6. The monoisotopic (exact) mass is 452 g/mol. The lowest BCUT2D eigenvalue weighted by Crippen LogP contribution is -2.28. The number of hydrogen-bond acceptors (Lipinski definition) is 4. The highest BCUT2D eigenvalue weighted by Crippen LogP contribution is 2.18. The van der Waals surface area contributed by atoms with E-state index >= 15 is 0 Å². The summed E-state index contributed by atoms with van der Waals surface area (Å²) in [6.07, 6.45) is 3.60. The fraction of sp³-hybridized carbons (Fsp3) is 0.111. The van der Waals surface area contributed by atoms with Gasteiger partial charge < -0.3 is 0 Å².